The van der Waals surface area contributed by atoms with Crippen LogP contribution in [0.4, 0.5) is 14.6 Å². The Kier molecular flexibility index (Phi) is 10.5. The molecule has 5 rings (SSSR count). The van der Waals surface area contributed by atoms with E-state index in [0.29, 0.717) is 41.0 Å². The van der Waals surface area contributed by atoms with Gasteiger partial charge in [-0.25, -0.2) is 4.98 Å². The molecule has 1 aromatic carbocycles. The molecule has 2 saturated carbocycles. The summed E-state index contributed by atoms with van der Waals surface area (Å²) in [6.45, 7) is 0.102. The van der Waals surface area contributed by atoms with Crippen LogP contribution in [0.25, 0.3) is 21.9 Å². The maximum Gasteiger partial charge on any atom is 1.00 e. The minimum atomic E-state index is -2.76. The number of hydrogen-bond donors (Lipinski definition) is 0. The summed E-state index contributed by atoms with van der Waals surface area (Å²) in [6.07, 6.45) is 5.66. The first kappa shape index (κ1) is 30.0. The van der Waals surface area contributed by atoms with Crippen LogP contribution in [-0.2, 0) is 16.1 Å². The summed E-state index contributed by atoms with van der Waals surface area (Å²) >= 11 is 1.54. The van der Waals surface area contributed by atoms with Crippen LogP contribution >= 0.6 is 11.8 Å². The maximum absolute atomic E-state index is 13.4. The minimum absolute atomic E-state index is 0. The van der Waals surface area contributed by atoms with Gasteiger partial charge in [0.15, 0.2) is 5.43 Å². The Labute approximate surface area is 240 Å². The number of aryl methyl sites for hydroxylation is 1. The quantitative estimate of drug-likeness (QED) is 0.171. The molecule has 0 bridgehead atoms. The molecular weight excluding hydrogens is 511 g/mol. The molecule has 2 aliphatic rings. The molecule has 0 spiro atoms. The Balaban J connectivity index is 0.00000124. The summed E-state index contributed by atoms with van der Waals surface area (Å²) in [6, 6.07) is 7.43. The molecular formula is C26H30F2N3NaO4S. The summed E-state index contributed by atoms with van der Waals surface area (Å²) in [5.41, 5.74) is 2.13. The number of fused-ring (bicyclic) bond motifs is 2. The van der Waals surface area contributed by atoms with Gasteiger partial charge in [-0.15, -0.1) is 11.8 Å². The van der Waals surface area contributed by atoms with Crippen molar-refractivity contribution < 1.29 is 53.0 Å². The number of alkyl halides is 2. The number of thioether (sulfide) groups is 1. The van der Waals surface area contributed by atoms with Crippen LogP contribution in [-0.4, -0.2) is 54.5 Å². The van der Waals surface area contributed by atoms with Gasteiger partial charge in [-0.05, 0) is 68.5 Å². The SMILES string of the molecule is CSc1c(C)ccc2c(=O)c3ccc(N(CC4CC4)C4CC(OC(F)F)C4)nc3n(CC=O)c12.C[O-].[Na+]. The van der Waals surface area contributed by atoms with Crippen molar-refractivity contribution in [2.24, 2.45) is 5.92 Å². The van der Waals surface area contributed by atoms with Gasteiger partial charge >= 0.3 is 36.2 Å². The van der Waals surface area contributed by atoms with Gasteiger partial charge in [0, 0.05) is 22.9 Å². The zero-order chi connectivity index (χ0) is 26.0. The fraction of sp³-hybridized carbons (Fsp3) is 0.500. The number of carbonyl (C=O) groups is 1. The van der Waals surface area contributed by atoms with Crippen LogP contribution in [0, 0.1) is 12.8 Å². The van der Waals surface area contributed by atoms with Crippen molar-refractivity contribution in [1.29, 1.82) is 0 Å². The molecule has 194 valence electrons. The number of nitrogens with zero attached hydrogens (tertiary/aromatic N) is 3. The van der Waals surface area contributed by atoms with E-state index >= 15 is 0 Å². The molecule has 11 heteroatoms. The first-order chi connectivity index (χ1) is 17.4. The Morgan fingerprint density at radius 2 is 1.89 bits per heavy atom. The van der Waals surface area contributed by atoms with Crippen LogP contribution in [0.2, 0.25) is 0 Å². The topological polar surface area (TPSA) is 87.5 Å². The van der Waals surface area contributed by atoms with Crippen LogP contribution in [0.5, 0.6) is 0 Å². The molecule has 37 heavy (non-hydrogen) atoms. The van der Waals surface area contributed by atoms with Gasteiger partial charge in [0.1, 0.15) is 17.8 Å². The summed E-state index contributed by atoms with van der Waals surface area (Å²) in [5.74, 6) is 1.27. The van der Waals surface area contributed by atoms with E-state index in [4.69, 9.17) is 10.1 Å². The van der Waals surface area contributed by atoms with E-state index in [2.05, 4.69) is 9.64 Å². The zero-order valence-electron chi connectivity index (χ0n) is 21.6. The van der Waals surface area contributed by atoms with Crippen molar-refractivity contribution in [1.82, 2.24) is 9.55 Å². The van der Waals surface area contributed by atoms with Gasteiger partial charge in [-0.3, -0.25) is 4.79 Å². The van der Waals surface area contributed by atoms with Gasteiger partial charge in [0.05, 0.1) is 23.6 Å². The Morgan fingerprint density at radius 1 is 1.22 bits per heavy atom. The number of anilines is 1. The number of benzene rings is 1. The second-order valence-electron chi connectivity index (χ2n) is 9.20. The molecule has 2 fully saturated rings. The van der Waals surface area contributed by atoms with E-state index in [1.807, 2.05) is 35.9 Å². The summed E-state index contributed by atoms with van der Waals surface area (Å²) in [7, 11) is 0.750. The number of aromatic nitrogens is 2. The Bertz CT molecular complexity index is 1310. The van der Waals surface area contributed by atoms with Crippen LogP contribution in [0.15, 0.2) is 34.0 Å². The average molecular weight is 542 g/mol. The minimum Gasteiger partial charge on any atom is -0.857 e. The first-order valence-corrected chi connectivity index (χ1v) is 13.2. The van der Waals surface area contributed by atoms with Gasteiger partial charge in [0.2, 0.25) is 0 Å². The zero-order valence-corrected chi connectivity index (χ0v) is 24.4. The van der Waals surface area contributed by atoms with E-state index in [1.54, 1.807) is 17.8 Å². The molecule has 2 aromatic heterocycles. The number of hydrogen-bond acceptors (Lipinski definition) is 7. The molecule has 3 aromatic rings. The molecule has 7 nitrogen and oxygen atoms in total. The van der Waals surface area contributed by atoms with Gasteiger partial charge in [-0.1, -0.05) is 6.07 Å². The average Bonchev–Trinajstić information content (AvgIpc) is 3.67. The molecule has 0 aliphatic heterocycles. The largest absolute Gasteiger partial charge is 1.00 e. The summed E-state index contributed by atoms with van der Waals surface area (Å²) in [5, 5.41) is 9.28. The predicted octanol–water partition coefficient (Wildman–Crippen LogP) is 0.746. The molecule has 0 amide bonds. The summed E-state index contributed by atoms with van der Waals surface area (Å²) < 4.78 is 31.7. The van der Waals surface area contributed by atoms with Gasteiger partial charge in [0.25, 0.3) is 0 Å². The number of halogens is 2. The van der Waals surface area contributed by atoms with Crippen molar-refractivity contribution in [3.05, 3.63) is 40.1 Å². The molecule has 0 N–H and O–H groups in total. The molecule has 0 radical (unpaired) electrons. The second-order valence-corrected chi connectivity index (χ2v) is 10.0. The number of aldehydes is 1. The number of ether oxygens (including phenoxy) is 1. The van der Waals surface area contributed by atoms with Crippen molar-refractivity contribution in [3.8, 4) is 0 Å². The van der Waals surface area contributed by atoms with Crippen molar-refractivity contribution >= 4 is 45.8 Å². The van der Waals surface area contributed by atoms with Crippen LogP contribution in [0.1, 0.15) is 31.2 Å². The fourth-order valence-corrected chi connectivity index (χ4v) is 5.73. The third-order valence-corrected chi connectivity index (χ3v) is 7.84. The van der Waals surface area contributed by atoms with Crippen molar-refractivity contribution in [2.75, 3.05) is 24.8 Å². The molecule has 0 unspecified atom stereocenters. The predicted molar refractivity (Wildman–Crippen MR) is 136 cm³/mol. The first-order valence-electron chi connectivity index (χ1n) is 12.0. The molecule has 2 heterocycles. The molecule has 0 atom stereocenters. The monoisotopic (exact) mass is 541 g/mol. The number of pyridine rings is 2. The summed E-state index contributed by atoms with van der Waals surface area (Å²) in [4.78, 5) is 33.1. The normalized spacial score (nSPS) is 18.7. The Hall–Kier alpha value is -1.56. The van der Waals surface area contributed by atoms with E-state index in [0.717, 1.165) is 48.8 Å². The third-order valence-electron chi connectivity index (χ3n) is 6.92. The van der Waals surface area contributed by atoms with Crippen molar-refractivity contribution in [3.63, 3.8) is 0 Å². The Morgan fingerprint density at radius 3 is 2.49 bits per heavy atom. The van der Waals surface area contributed by atoms with E-state index < -0.39 is 12.7 Å². The number of carbonyl (C=O) groups excluding carboxylic acids is 1. The fourth-order valence-electron chi connectivity index (χ4n) is 4.92. The van der Waals surface area contributed by atoms with Crippen LogP contribution < -0.4 is 45.0 Å². The van der Waals surface area contributed by atoms with E-state index in [9.17, 15) is 18.4 Å². The van der Waals surface area contributed by atoms with Crippen LogP contribution in [0.3, 0.4) is 0 Å². The third kappa shape index (κ3) is 6.20. The van der Waals surface area contributed by atoms with E-state index in [1.165, 1.54) is 0 Å². The van der Waals surface area contributed by atoms with Gasteiger partial charge < -0.3 is 24.1 Å². The number of rotatable bonds is 9. The van der Waals surface area contributed by atoms with Gasteiger partial charge in [-0.2, -0.15) is 15.9 Å². The van der Waals surface area contributed by atoms with Crippen molar-refractivity contribution in [2.45, 2.75) is 62.8 Å². The molecule has 2 aliphatic carbocycles. The second kappa shape index (κ2) is 13.0. The smallest absolute Gasteiger partial charge is 0.857 e. The maximum atomic E-state index is 13.4. The standard InChI is InChI=1S/C25H27F2N3O3S.CH3O.Na/c1-14-3-6-18-21(23(14)34-2)29(9-10-31)24-19(22(18)32)7-8-20(28-24)30(13-15-4-5-15)16-11-17(12-16)33-25(26)27;1-2;/h3,6-8,10,15-17,25H,4-5,9,11-13H2,1-2H3;1H3;/q;-1;+1. The van der Waals surface area contributed by atoms with E-state index in [-0.39, 0.29) is 47.6 Å². The molecule has 0 saturated heterocycles.